The molecule has 25 heavy (non-hydrogen) atoms. The summed E-state index contributed by atoms with van der Waals surface area (Å²) in [4.78, 5) is 11.8. The highest BCUT2D eigenvalue weighted by Gasteiger charge is 2.69. The molecule has 0 aromatic rings. The van der Waals surface area contributed by atoms with Crippen LogP contribution >= 0.6 is 0 Å². The second kappa shape index (κ2) is 5.43. The van der Waals surface area contributed by atoms with Gasteiger partial charge < -0.3 is 19.7 Å². The fraction of sp³-hybridized carbons (Fsp3) is 0.950. The molecule has 2 aliphatic heterocycles. The maximum atomic E-state index is 11.8. The minimum Gasteiger partial charge on any atom is -0.465 e. The third kappa shape index (κ3) is 2.15. The van der Waals surface area contributed by atoms with Gasteiger partial charge in [-0.1, -0.05) is 20.8 Å². The molecule has 0 radical (unpaired) electrons. The molecule has 0 amide bonds. The van der Waals surface area contributed by atoms with Crippen LogP contribution in [0.4, 0.5) is 0 Å². The Morgan fingerprint density at radius 3 is 2.60 bits per heavy atom. The summed E-state index contributed by atoms with van der Waals surface area (Å²) in [5.41, 5.74) is -1.06. The number of aliphatic hydroxyl groups is 2. The van der Waals surface area contributed by atoms with Crippen molar-refractivity contribution < 1.29 is 24.5 Å². The number of hydrogen-bond donors (Lipinski definition) is 2. The molecule has 2 N–H and O–H groups in total. The van der Waals surface area contributed by atoms with E-state index in [0.717, 1.165) is 25.7 Å². The normalized spacial score (nSPS) is 55.6. The summed E-state index contributed by atoms with van der Waals surface area (Å²) in [6.45, 7) is 7.69. The minimum absolute atomic E-state index is 0.00558. The van der Waals surface area contributed by atoms with Gasteiger partial charge in [-0.25, -0.2) is 0 Å². The summed E-state index contributed by atoms with van der Waals surface area (Å²) in [6, 6.07) is 0. The van der Waals surface area contributed by atoms with Gasteiger partial charge in [0.15, 0.2) is 0 Å². The summed E-state index contributed by atoms with van der Waals surface area (Å²) >= 11 is 0. The van der Waals surface area contributed by atoms with Gasteiger partial charge in [0.2, 0.25) is 0 Å². The molecular formula is C20H32O5. The van der Waals surface area contributed by atoms with Crippen molar-refractivity contribution in [2.75, 3.05) is 19.8 Å². The van der Waals surface area contributed by atoms with Crippen molar-refractivity contribution >= 4 is 5.97 Å². The van der Waals surface area contributed by atoms with Crippen LogP contribution < -0.4 is 0 Å². The standard InChI is InChI=1S/C20H32O5/c1-13-4-5-14-17(2,10-21)15(22)6-7-18(14,3)20(13)9-19(12-25-20)8-16(23)24-11-19/h13-15,21-22H,4-12H2,1-3H3/t13-,14-,15+,17+,18-,19+,20-/m0/s1. The van der Waals surface area contributed by atoms with Crippen molar-refractivity contribution in [2.45, 2.75) is 71.0 Å². The molecule has 5 nitrogen and oxygen atoms in total. The van der Waals surface area contributed by atoms with E-state index in [-0.39, 0.29) is 34.9 Å². The van der Waals surface area contributed by atoms with Gasteiger partial charge in [0.1, 0.15) is 0 Å². The first-order valence-electron chi connectivity index (χ1n) is 9.80. The van der Waals surface area contributed by atoms with Crippen LogP contribution in [-0.2, 0) is 14.3 Å². The van der Waals surface area contributed by atoms with Gasteiger partial charge in [0.05, 0.1) is 37.9 Å². The number of carbonyl (C=O) groups is 1. The predicted molar refractivity (Wildman–Crippen MR) is 91.7 cm³/mol. The highest BCUT2D eigenvalue weighted by atomic mass is 16.6. The fourth-order valence-corrected chi connectivity index (χ4v) is 6.96. The number of hydrogen-bond acceptors (Lipinski definition) is 5. The monoisotopic (exact) mass is 352 g/mol. The van der Waals surface area contributed by atoms with Gasteiger partial charge in [-0.3, -0.25) is 4.79 Å². The molecule has 2 saturated carbocycles. The van der Waals surface area contributed by atoms with E-state index in [1.807, 2.05) is 6.92 Å². The number of carbonyl (C=O) groups excluding carboxylic acids is 1. The molecular weight excluding hydrogens is 320 g/mol. The lowest BCUT2D eigenvalue weighted by Crippen LogP contribution is -2.66. The molecule has 0 unspecified atom stereocenters. The molecule has 5 heteroatoms. The van der Waals surface area contributed by atoms with Crippen LogP contribution in [0.2, 0.25) is 0 Å². The van der Waals surface area contributed by atoms with Gasteiger partial charge in [0, 0.05) is 16.2 Å². The predicted octanol–water partition coefficient (Wildman–Crippen LogP) is 2.28. The number of ether oxygens (including phenoxy) is 2. The van der Waals surface area contributed by atoms with Crippen molar-refractivity contribution in [1.29, 1.82) is 0 Å². The molecule has 2 heterocycles. The Morgan fingerprint density at radius 2 is 1.96 bits per heavy atom. The number of rotatable bonds is 1. The Bertz CT molecular complexity index is 578. The average molecular weight is 352 g/mol. The maximum Gasteiger partial charge on any atom is 0.306 e. The maximum absolute atomic E-state index is 11.8. The van der Waals surface area contributed by atoms with Crippen LogP contribution in [0, 0.1) is 28.1 Å². The Morgan fingerprint density at radius 1 is 1.20 bits per heavy atom. The van der Waals surface area contributed by atoms with Crippen molar-refractivity contribution in [2.24, 2.45) is 28.1 Å². The summed E-state index contributed by atoms with van der Waals surface area (Å²) < 4.78 is 11.9. The molecule has 0 aromatic heterocycles. The molecule has 4 fully saturated rings. The molecule has 4 aliphatic rings. The fourth-order valence-electron chi connectivity index (χ4n) is 6.96. The number of aliphatic hydroxyl groups excluding tert-OH is 2. The van der Waals surface area contributed by atoms with E-state index in [1.165, 1.54) is 0 Å². The Hall–Kier alpha value is -0.650. The summed E-state index contributed by atoms with van der Waals surface area (Å²) in [5, 5.41) is 20.8. The van der Waals surface area contributed by atoms with E-state index in [1.54, 1.807) is 0 Å². The van der Waals surface area contributed by atoms with Gasteiger partial charge in [-0.15, -0.1) is 0 Å². The Balaban J connectivity index is 1.74. The van der Waals surface area contributed by atoms with Crippen LogP contribution in [-0.4, -0.2) is 47.7 Å². The molecule has 142 valence electrons. The van der Waals surface area contributed by atoms with Gasteiger partial charge in [-0.05, 0) is 43.9 Å². The van der Waals surface area contributed by atoms with E-state index in [2.05, 4.69) is 13.8 Å². The first kappa shape index (κ1) is 17.7. The summed E-state index contributed by atoms with van der Waals surface area (Å²) in [7, 11) is 0. The molecule has 7 atom stereocenters. The van der Waals surface area contributed by atoms with Crippen LogP contribution in [0.5, 0.6) is 0 Å². The van der Waals surface area contributed by atoms with E-state index < -0.39 is 11.5 Å². The first-order chi connectivity index (χ1) is 11.7. The molecule has 2 saturated heterocycles. The SMILES string of the molecule is C[C@H]1CC[C@H]2[C@@](C)(CO)[C@H](O)CC[C@]2(C)[C@]12C[C@]1(COC(=O)C1)CO2. The molecule has 2 aliphatic carbocycles. The lowest BCUT2D eigenvalue weighted by molar-refractivity contribution is -0.242. The van der Waals surface area contributed by atoms with Crippen LogP contribution in [0.3, 0.4) is 0 Å². The van der Waals surface area contributed by atoms with Crippen LogP contribution in [0.15, 0.2) is 0 Å². The first-order valence-corrected chi connectivity index (χ1v) is 9.80. The molecule has 0 bridgehead atoms. The van der Waals surface area contributed by atoms with Crippen molar-refractivity contribution in [3.05, 3.63) is 0 Å². The minimum atomic E-state index is -0.485. The van der Waals surface area contributed by atoms with Crippen LogP contribution in [0.25, 0.3) is 0 Å². The second-order valence-corrected chi connectivity index (χ2v) is 9.86. The smallest absolute Gasteiger partial charge is 0.306 e. The number of cyclic esters (lactones) is 1. The zero-order chi connectivity index (χ0) is 18.1. The number of esters is 1. The van der Waals surface area contributed by atoms with E-state index in [0.29, 0.717) is 32.0 Å². The van der Waals surface area contributed by atoms with Crippen molar-refractivity contribution in [3.8, 4) is 0 Å². The topological polar surface area (TPSA) is 76.0 Å². The summed E-state index contributed by atoms with van der Waals surface area (Å²) in [6.07, 6.45) is 4.51. The van der Waals surface area contributed by atoms with E-state index in [9.17, 15) is 15.0 Å². The molecule has 2 spiro atoms. The lowest BCUT2D eigenvalue weighted by atomic mass is 9.43. The van der Waals surface area contributed by atoms with Crippen molar-refractivity contribution in [1.82, 2.24) is 0 Å². The van der Waals surface area contributed by atoms with Crippen molar-refractivity contribution in [3.63, 3.8) is 0 Å². The highest BCUT2D eigenvalue weighted by Crippen LogP contribution is 2.68. The third-order valence-corrected chi connectivity index (χ3v) is 8.59. The van der Waals surface area contributed by atoms with Crippen LogP contribution in [0.1, 0.15) is 59.3 Å². The van der Waals surface area contributed by atoms with E-state index in [4.69, 9.17) is 9.47 Å². The van der Waals surface area contributed by atoms with Gasteiger partial charge in [0.25, 0.3) is 0 Å². The van der Waals surface area contributed by atoms with Gasteiger partial charge in [-0.2, -0.15) is 0 Å². The number of fused-ring (bicyclic) bond motifs is 2. The zero-order valence-corrected chi connectivity index (χ0v) is 15.7. The largest absolute Gasteiger partial charge is 0.465 e. The highest BCUT2D eigenvalue weighted by molar-refractivity contribution is 5.72. The second-order valence-electron chi connectivity index (χ2n) is 9.86. The Labute approximate surface area is 150 Å². The lowest BCUT2D eigenvalue weighted by Gasteiger charge is -2.64. The quantitative estimate of drug-likeness (QED) is 0.708. The third-order valence-electron chi connectivity index (χ3n) is 8.59. The molecule has 4 rings (SSSR count). The average Bonchev–Trinajstić information content (AvgIpc) is 3.14. The molecule has 0 aromatic carbocycles. The summed E-state index contributed by atoms with van der Waals surface area (Å²) in [5.74, 6) is 0.519. The van der Waals surface area contributed by atoms with E-state index >= 15 is 0 Å². The Kier molecular flexibility index (Phi) is 3.85. The zero-order valence-electron chi connectivity index (χ0n) is 15.7. The van der Waals surface area contributed by atoms with Gasteiger partial charge >= 0.3 is 5.97 Å².